The van der Waals surface area contributed by atoms with E-state index in [1.54, 1.807) is 40.5 Å². The highest BCUT2D eigenvalue weighted by Gasteiger charge is 2.31. The van der Waals surface area contributed by atoms with E-state index < -0.39 is 4.92 Å². The van der Waals surface area contributed by atoms with Crippen LogP contribution in [0.15, 0.2) is 24.3 Å². The summed E-state index contributed by atoms with van der Waals surface area (Å²) in [4.78, 5) is 39.7. The van der Waals surface area contributed by atoms with E-state index in [1.165, 1.54) is 0 Å². The number of nitro groups is 1. The molecule has 2 aliphatic rings. The maximum absolute atomic E-state index is 12.9. The van der Waals surface area contributed by atoms with Gasteiger partial charge in [-0.2, -0.15) is 5.10 Å². The molecule has 2 aromatic rings. The van der Waals surface area contributed by atoms with Crippen molar-refractivity contribution in [1.29, 1.82) is 0 Å². The molecule has 0 bridgehead atoms. The number of ether oxygens (including phenoxy) is 1. The summed E-state index contributed by atoms with van der Waals surface area (Å²) >= 11 is 0. The largest absolute Gasteiger partial charge is 0.368 e. The van der Waals surface area contributed by atoms with Crippen LogP contribution in [0.3, 0.4) is 0 Å². The van der Waals surface area contributed by atoms with Crippen molar-refractivity contribution in [3.8, 4) is 0 Å². The van der Waals surface area contributed by atoms with Gasteiger partial charge in [0.1, 0.15) is 17.5 Å². The molecule has 10 nitrogen and oxygen atoms in total. The van der Waals surface area contributed by atoms with E-state index in [4.69, 9.17) is 4.74 Å². The summed E-state index contributed by atoms with van der Waals surface area (Å²) in [6.07, 6.45) is 1.37. The topological polar surface area (TPSA) is 111 Å². The standard InChI is InChI=1S/C22H27N5O5/c1-15-20(27(30)31)16(2)26(23-15)14-17-5-7-18(8-6-17)21(28)24-9-11-25(12-10-24)22(29)19-4-3-13-32-19/h5-8,19H,3-4,9-14H2,1-2H3. The Kier molecular flexibility index (Phi) is 6.22. The average Bonchev–Trinajstić information content (AvgIpc) is 3.42. The summed E-state index contributed by atoms with van der Waals surface area (Å²) in [6.45, 7) is 6.35. The number of nitrogens with zero attached hydrogens (tertiary/aromatic N) is 5. The molecule has 4 rings (SSSR count). The van der Waals surface area contributed by atoms with E-state index in [-0.39, 0.29) is 23.6 Å². The monoisotopic (exact) mass is 441 g/mol. The fraction of sp³-hybridized carbons (Fsp3) is 0.500. The van der Waals surface area contributed by atoms with Crippen molar-refractivity contribution in [2.45, 2.75) is 39.3 Å². The Hall–Kier alpha value is -3.27. The Morgan fingerprint density at radius 3 is 2.34 bits per heavy atom. The molecule has 1 aromatic carbocycles. The number of rotatable bonds is 5. The fourth-order valence-electron chi connectivity index (χ4n) is 4.32. The highest BCUT2D eigenvalue weighted by Crippen LogP contribution is 2.23. The molecule has 2 amide bonds. The van der Waals surface area contributed by atoms with Crippen LogP contribution in [0, 0.1) is 24.0 Å². The van der Waals surface area contributed by atoms with E-state index in [9.17, 15) is 19.7 Å². The smallest absolute Gasteiger partial charge is 0.312 e. The van der Waals surface area contributed by atoms with Crippen LogP contribution in [0.5, 0.6) is 0 Å². The third-order valence-corrected chi connectivity index (χ3v) is 6.14. The van der Waals surface area contributed by atoms with Crippen molar-refractivity contribution in [3.05, 3.63) is 56.9 Å². The minimum atomic E-state index is -0.413. The maximum Gasteiger partial charge on any atom is 0.312 e. The molecule has 2 saturated heterocycles. The number of benzene rings is 1. The molecule has 0 spiro atoms. The number of amides is 2. The van der Waals surface area contributed by atoms with Gasteiger partial charge in [-0.3, -0.25) is 24.4 Å². The van der Waals surface area contributed by atoms with Crippen LogP contribution >= 0.6 is 0 Å². The summed E-state index contributed by atoms with van der Waals surface area (Å²) in [7, 11) is 0. The van der Waals surface area contributed by atoms with E-state index in [0.717, 1.165) is 18.4 Å². The Bertz CT molecular complexity index is 1020. The zero-order chi connectivity index (χ0) is 22.8. The highest BCUT2D eigenvalue weighted by molar-refractivity contribution is 5.94. The minimum absolute atomic E-state index is 0.0309. The van der Waals surface area contributed by atoms with Crippen molar-refractivity contribution in [1.82, 2.24) is 19.6 Å². The van der Waals surface area contributed by atoms with Crippen LogP contribution in [-0.4, -0.2) is 75.2 Å². The van der Waals surface area contributed by atoms with Crippen LogP contribution in [-0.2, 0) is 16.1 Å². The number of aromatic nitrogens is 2. The highest BCUT2D eigenvalue weighted by atomic mass is 16.6. The second kappa shape index (κ2) is 9.07. The second-order valence-corrected chi connectivity index (χ2v) is 8.25. The molecular formula is C22H27N5O5. The molecule has 0 aliphatic carbocycles. The lowest BCUT2D eigenvalue weighted by Crippen LogP contribution is -2.52. The van der Waals surface area contributed by atoms with E-state index >= 15 is 0 Å². The summed E-state index contributed by atoms with van der Waals surface area (Å²) in [5.74, 6) is -0.0362. The molecule has 10 heteroatoms. The first-order valence-corrected chi connectivity index (χ1v) is 10.8. The van der Waals surface area contributed by atoms with Crippen LogP contribution in [0.1, 0.15) is 40.2 Å². The Morgan fingerprint density at radius 1 is 1.12 bits per heavy atom. The Balaban J connectivity index is 1.35. The molecule has 0 radical (unpaired) electrons. The van der Waals surface area contributed by atoms with E-state index in [1.807, 2.05) is 12.1 Å². The number of piperazine rings is 1. The predicted molar refractivity (Wildman–Crippen MR) is 115 cm³/mol. The van der Waals surface area contributed by atoms with Crippen molar-refractivity contribution in [3.63, 3.8) is 0 Å². The van der Waals surface area contributed by atoms with Gasteiger partial charge in [-0.15, -0.1) is 0 Å². The van der Waals surface area contributed by atoms with E-state index in [2.05, 4.69) is 5.10 Å². The van der Waals surface area contributed by atoms with Gasteiger partial charge in [0.25, 0.3) is 11.8 Å². The summed E-state index contributed by atoms with van der Waals surface area (Å²) < 4.78 is 7.09. The summed E-state index contributed by atoms with van der Waals surface area (Å²) in [5, 5.41) is 15.5. The molecule has 2 fully saturated rings. The Morgan fingerprint density at radius 2 is 1.78 bits per heavy atom. The number of aryl methyl sites for hydroxylation is 1. The van der Waals surface area contributed by atoms with Gasteiger partial charge >= 0.3 is 5.69 Å². The average molecular weight is 441 g/mol. The Labute approximate surface area is 185 Å². The lowest BCUT2D eigenvalue weighted by molar-refractivity contribution is -0.386. The number of carbonyl (C=O) groups is 2. The van der Waals surface area contributed by atoms with Gasteiger partial charge < -0.3 is 14.5 Å². The molecule has 2 aliphatic heterocycles. The van der Waals surface area contributed by atoms with Crippen LogP contribution < -0.4 is 0 Å². The van der Waals surface area contributed by atoms with Gasteiger partial charge in [-0.1, -0.05) is 12.1 Å². The van der Waals surface area contributed by atoms with Gasteiger partial charge in [-0.05, 0) is 44.4 Å². The fourth-order valence-corrected chi connectivity index (χ4v) is 4.32. The molecule has 0 N–H and O–H groups in total. The van der Waals surface area contributed by atoms with Crippen LogP contribution in [0.4, 0.5) is 5.69 Å². The van der Waals surface area contributed by atoms with Crippen molar-refractivity contribution in [2.75, 3.05) is 32.8 Å². The zero-order valence-corrected chi connectivity index (χ0v) is 18.3. The number of carbonyl (C=O) groups excluding carboxylic acids is 2. The van der Waals surface area contributed by atoms with E-state index in [0.29, 0.717) is 56.3 Å². The maximum atomic E-state index is 12.9. The number of hydrogen-bond acceptors (Lipinski definition) is 6. The molecule has 3 heterocycles. The van der Waals surface area contributed by atoms with Gasteiger partial charge in [-0.25, -0.2) is 0 Å². The first-order valence-electron chi connectivity index (χ1n) is 10.8. The number of hydrogen-bond donors (Lipinski definition) is 0. The van der Waals surface area contributed by atoms with Gasteiger partial charge in [0, 0.05) is 38.3 Å². The van der Waals surface area contributed by atoms with Crippen molar-refractivity contribution < 1.29 is 19.2 Å². The molecule has 170 valence electrons. The first-order chi connectivity index (χ1) is 15.3. The SMILES string of the molecule is Cc1nn(Cc2ccc(C(=O)N3CCN(C(=O)C4CCCO4)CC3)cc2)c(C)c1[N+](=O)[O-]. The van der Waals surface area contributed by atoms with Crippen molar-refractivity contribution in [2.24, 2.45) is 0 Å². The van der Waals surface area contributed by atoms with Gasteiger partial charge in [0.05, 0.1) is 11.5 Å². The minimum Gasteiger partial charge on any atom is -0.368 e. The molecule has 1 aromatic heterocycles. The molecule has 0 saturated carbocycles. The molecular weight excluding hydrogens is 414 g/mol. The molecule has 1 atom stereocenters. The first kappa shape index (κ1) is 21.9. The molecule has 32 heavy (non-hydrogen) atoms. The van der Waals surface area contributed by atoms with Crippen LogP contribution in [0.2, 0.25) is 0 Å². The normalized spacial score (nSPS) is 18.8. The quantitative estimate of drug-likeness (QED) is 0.518. The van der Waals surface area contributed by atoms with Gasteiger partial charge in [0.2, 0.25) is 0 Å². The second-order valence-electron chi connectivity index (χ2n) is 8.25. The lowest BCUT2D eigenvalue weighted by Gasteiger charge is -2.35. The third kappa shape index (κ3) is 4.36. The summed E-state index contributed by atoms with van der Waals surface area (Å²) in [6, 6.07) is 7.21. The molecule has 1 unspecified atom stereocenters. The van der Waals surface area contributed by atoms with Crippen LogP contribution in [0.25, 0.3) is 0 Å². The third-order valence-electron chi connectivity index (χ3n) is 6.14. The lowest BCUT2D eigenvalue weighted by atomic mass is 10.1. The van der Waals surface area contributed by atoms with Crippen molar-refractivity contribution >= 4 is 17.5 Å². The predicted octanol–water partition coefficient (Wildman–Crippen LogP) is 1.92. The van der Waals surface area contributed by atoms with Gasteiger partial charge in [0.15, 0.2) is 0 Å². The zero-order valence-electron chi connectivity index (χ0n) is 18.3. The summed E-state index contributed by atoms with van der Waals surface area (Å²) in [5.41, 5.74) is 2.40.